The van der Waals surface area contributed by atoms with E-state index in [1.54, 1.807) is 0 Å². The molecule has 2 aromatic carbocycles. The molecule has 0 N–H and O–H groups in total. The van der Waals surface area contributed by atoms with Crippen molar-refractivity contribution in [3.05, 3.63) is 66.2 Å². The number of para-hydroxylation sites is 1. The van der Waals surface area contributed by atoms with E-state index in [0.29, 0.717) is 25.5 Å². The van der Waals surface area contributed by atoms with Crippen LogP contribution in [-0.4, -0.2) is 37.2 Å². The maximum Gasteiger partial charge on any atom is 0.261 e. The molecule has 1 heterocycles. The maximum atomic E-state index is 12.5. The molecule has 2 aromatic rings. The lowest BCUT2D eigenvalue weighted by Crippen LogP contribution is -2.45. The second-order valence-electron chi connectivity index (χ2n) is 5.19. The van der Waals surface area contributed by atoms with Crippen LogP contribution in [0.3, 0.4) is 0 Å². The topological polar surface area (TPSA) is 38.8 Å². The van der Waals surface area contributed by atoms with Crippen molar-refractivity contribution in [2.24, 2.45) is 0 Å². The summed E-state index contributed by atoms with van der Waals surface area (Å²) < 4.78 is 11.1. The molecule has 0 aromatic heterocycles. The van der Waals surface area contributed by atoms with Crippen molar-refractivity contribution in [2.75, 3.05) is 26.4 Å². The van der Waals surface area contributed by atoms with Crippen LogP contribution in [0.15, 0.2) is 60.7 Å². The van der Waals surface area contributed by atoms with Crippen molar-refractivity contribution in [3.63, 3.8) is 0 Å². The highest BCUT2D eigenvalue weighted by Crippen LogP contribution is 2.24. The molecule has 0 radical (unpaired) electrons. The van der Waals surface area contributed by atoms with E-state index in [1.807, 2.05) is 65.6 Å². The molecule has 1 atom stereocenters. The van der Waals surface area contributed by atoms with E-state index in [1.165, 1.54) is 0 Å². The van der Waals surface area contributed by atoms with Crippen molar-refractivity contribution in [1.29, 1.82) is 0 Å². The average Bonchev–Trinajstić information content (AvgIpc) is 2.61. The Balaban J connectivity index is 1.66. The number of benzene rings is 2. The maximum absolute atomic E-state index is 12.5. The Morgan fingerprint density at radius 3 is 2.50 bits per heavy atom. The number of amides is 1. The molecule has 1 saturated heterocycles. The van der Waals surface area contributed by atoms with Gasteiger partial charge in [0.25, 0.3) is 5.91 Å². The molecule has 1 aliphatic heterocycles. The van der Waals surface area contributed by atoms with Crippen LogP contribution in [0.2, 0.25) is 0 Å². The number of rotatable bonds is 4. The van der Waals surface area contributed by atoms with Gasteiger partial charge in [0.15, 0.2) is 6.61 Å². The van der Waals surface area contributed by atoms with Gasteiger partial charge in [0.2, 0.25) is 0 Å². The summed E-state index contributed by atoms with van der Waals surface area (Å²) in [5.41, 5.74) is 1.09. The summed E-state index contributed by atoms with van der Waals surface area (Å²) in [5.74, 6) is 0.696. The number of carbonyl (C=O) groups is 1. The third-order valence-corrected chi connectivity index (χ3v) is 3.74. The first-order valence-electron chi connectivity index (χ1n) is 7.44. The Morgan fingerprint density at radius 1 is 1.09 bits per heavy atom. The molecule has 22 heavy (non-hydrogen) atoms. The summed E-state index contributed by atoms with van der Waals surface area (Å²) in [6.07, 6.45) is 0. The fraction of sp³-hybridized carbons (Fsp3) is 0.278. The van der Waals surface area contributed by atoms with E-state index in [2.05, 4.69) is 0 Å². The molecule has 4 nitrogen and oxygen atoms in total. The van der Waals surface area contributed by atoms with Crippen molar-refractivity contribution < 1.29 is 14.3 Å². The fourth-order valence-electron chi connectivity index (χ4n) is 2.60. The number of carbonyl (C=O) groups excluding carboxylic acids is 1. The molecule has 1 aliphatic rings. The quantitative estimate of drug-likeness (QED) is 0.871. The van der Waals surface area contributed by atoms with Crippen LogP contribution in [0.5, 0.6) is 5.75 Å². The third-order valence-electron chi connectivity index (χ3n) is 3.74. The van der Waals surface area contributed by atoms with Gasteiger partial charge in [-0.3, -0.25) is 4.79 Å². The van der Waals surface area contributed by atoms with Crippen molar-refractivity contribution in [2.45, 2.75) is 6.04 Å². The van der Waals surface area contributed by atoms with Crippen LogP contribution in [0, 0.1) is 0 Å². The smallest absolute Gasteiger partial charge is 0.261 e. The second kappa shape index (κ2) is 7.09. The predicted octanol–water partition coefficient (Wildman–Crippen LogP) is 2.67. The number of morpholine rings is 1. The van der Waals surface area contributed by atoms with Gasteiger partial charge in [-0.1, -0.05) is 48.5 Å². The summed E-state index contributed by atoms with van der Waals surface area (Å²) in [7, 11) is 0. The molecule has 0 saturated carbocycles. The minimum absolute atomic E-state index is 0.0130. The Morgan fingerprint density at radius 2 is 1.77 bits per heavy atom. The highest BCUT2D eigenvalue weighted by Gasteiger charge is 2.28. The van der Waals surface area contributed by atoms with E-state index in [4.69, 9.17) is 9.47 Å². The molecular formula is C18H19NO3. The fourth-order valence-corrected chi connectivity index (χ4v) is 2.60. The van der Waals surface area contributed by atoms with E-state index in [0.717, 1.165) is 5.56 Å². The van der Waals surface area contributed by atoms with Gasteiger partial charge >= 0.3 is 0 Å². The summed E-state index contributed by atoms with van der Waals surface area (Å²) in [4.78, 5) is 14.3. The summed E-state index contributed by atoms with van der Waals surface area (Å²) in [6, 6.07) is 19.3. The van der Waals surface area contributed by atoms with Gasteiger partial charge in [0.1, 0.15) is 5.75 Å². The molecule has 0 aliphatic carbocycles. The molecular weight excluding hydrogens is 278 g/mol. The minimum atomic E-state index is -0.0400. The molecule has 3 rings (SSSR count). The zero-order valence-electron chi connectivity index (χ0n) is 12.4. The Labute approximate surface area is 130 Å². The number of nitrogens with zero attached hydrogens (tertiary/aromatic N) is 1. The molecule has 4 heteroatoms. The SMILES string of the molecule is O=C(COc1ccccc1)N1CCOCC1c1ccccc1. The van der Waals surface area contributed by atoms with Crippen LogP contribution in [-0.2, 0) is 9.53 Å². The first-order chi connectivity index (χ1) is 10.8. The lowest BCUT2D eigenvalue weighted by atomic mass is 10.1. The van der Waals surface area contributed by atoms with E-state index >= 15 is 0 Å². The normalized spacial score (nSPS) is 18.0. The van der Waals surface area contributed by atoms with E-state index < -0.39 is 0 Å². The highest BCUT2D eigenvalue weighted by molar-refractivity contribution is 5.78. The summed E-state index contributed by atoms with van der Waals surface area (Å²) >= 11 is 0. The monoisotopic (exact) mass is 297 g/mol. The lowest BCUT2D eigenvalue weighted by molar-refractivity contribution is -0.142. The van der Waals surface area contributed by atoms with Crippen molar-refractivity contribution >= 4 is 5.91 Å². The lowest BCUT2D eigenvalue weighted by Gasteiger charge is -2.35. The molecule has 1 fully saturated rings. The minimum Gasteiger partial charge on any atom is -0.484 e. The Hall–Kier alpha value is -2.33. The van der Waals surface area contributed by atoms with Crippen molar-refractivity contribution in [1.82, 2.24) is 4.90 Å². The number of hydrogen-bond donors (Lipinski definition) is 0. The molecule has 1 amide bonds. The first-order valence-corrected chi connectivity index (χ1v) is 7.44. The summed E-state index contributed by atoms with van der Waals surface area (Å²) in [6.45, 7) is 1.74. The van der Waals surface area contributed by atoms with Crippen LogP contribution in [0.4, 0.5) is 0 Å². The predicted molar refractivity (Wildman–Crippen MR) is 83.7 cm³/mol. The standard InChI is InChI=1S/C18H19NO3/c20-18(14-22-16-9-5-2-6-10-16)19-11-12-21-13-17(19)15-7-3-1-4-8-15/h1-10,17H,11-14H2. The Kier molecular flexibility index (Phi) is 4.71. The first kappa shape index (κ1) is 14.6. The van der Waals surface area contributed by atoms with Crippen LogP contribution < -0.4 is 4.74 Å². The summed E-state index contributed by atoms with van der Waals surface area (Å²) in [5, 5.41) is 0. The molecule has 1 unspecified atom stereocenters. The van der Waals surface area contributed by atoms with E-state index in [-0.39, 0.29) is 18.6 Å². The van der Waals surface area contributed by atoms with E-state index in [9.17, 15) is 4.79 Å². The van der Waals surface area contributed by atoms with Gasteiger partial charge < -0.3 is 14.4 Å². The molecule has 0 spiro atoms. The van der Waals surface area contributed by atoms with Crippen LogP contribution >= 0.6 is 0 Å². The molecule has 0 bridgehead atoms. The largest absolute Gasteiger partial charge is 0.484 e. The average molecular weight is 297 g/mol. The highest BCUT2D eigenvalue weighted by atomic mass is 16.5. The van der Waals surface area contributed by atoms with Crippen molar-refractivity contribution in [3.8, 4) is 5.75 Å². The Bertz CT molecular complexity index is 600. The second-order valence-corrected chi connectivity index (χ2v) is 5.19. The third kappa shape index (κ3) is 3.46. The number of ether oxygens (including phenoxy) is 2. The van der Waals surface area contributed by atoms with Gasteiger partial charge in [0, 0.05) is 6.54 Å². The van der Waals surface area contributed by atoms with Gasteiger partial charge in [-0.2, -0.15) is 0 Å². The van der Waals surface area contributed by atoms with Crippen LogP contribution in [0.1, 0.15) is 11.6 Å². The van der Waals surface area contributed by atoms with Gasteiger partial charge in [0.05, 0.1) is 19.3 Å². The van der Waals surface area contributed by atoms with Gasteiger partial charge in [-0.25, -0.2) is 0 Å². The van der Waals surface area contributed by atoms with Crippen LogP contribution in [0.25, 0.3) is 0 Å². The van der Waals surface area contributed by atoms with Gasteiger partial charge in [-0.05, 0) is 17.7 Å². The van der Waals surface area contributed by atoms with Gasteiger partial charge in [-0.15, -0.1) is 0 Å². The zero-order valence-corrected chi connectivity index (χ0v) is 12.4. The number of hydrogen-bond acceptors (Lipinski definition) is 3. The molecule has 114 valence electrons. The zero-order chi connectivity index (χ0) is 15.2.